The molecule has 2 heterocycles. The van der Waals surface area contributed by atoms with Crippen LogP contribution in [0, 0.1) is 5.41 Å². The molecule has 0 bridgehead atoms. The number of pyridine rings is 1. The van der Waals surface area contributed by atoms with Gasteiger partial charge in [0.1, 0.15) is 0 Å². The number of halogens is 4. The molecule has 3 rings (SSSR count). The van der Waals surface area contributed by atoms with Crippen molar-refractivity contribution in [1.82, 2.24) is 9.88 Å². The van der Waals surface area contributed by atoms with E-state index in [-0.39, 0.29) is 24.4 Å². The van der Waals surface area contributed by atoms with E-state index in [9.17, 15) is 18.0 Å². The molecule has 0 radical (unpaired) electrons. The molecule has 2 aromatic rings. The van der Waals surface area contributed by atoms with Gasteiger partial charge in [-0.3, -0.25) is 9.78 Å². The van der Waals surface area contributed by atoms with Crippen LogP contribution in [-0.4, -0.2) is 34.6 Å². The molecule has 0 atom stereocenters. The van der Waals surface area contributed by atoms with Crippen LogP contribution >= 0.6 is 11.6 Å². The van der Waals surface area contributed by atoms with Crippen molar-refractivity contribution in [2.24, 2.45) is 5.73 Å². The maximum Gasteiger partial charge on any atom is 0.417 e. The zero-order valence-corrected chi connectivity index (χ0v) is 15.3. The summed E-state index contributed by atoms with van der Waals surface area (Å²) in [6.07, 6.45) is -2.78. The Balaban J connectivity index is 1.83. The number of nitrogens with two attached hydrogens (primary N) is 1. The van der Waals surface area contributed by atoms with Crippen molar-refractivity contribution in [3.05, 3.63) is 70.0 Å². The van der Waals surface area contributed by atoms with E-state index in [2.05, 4.69) is 4.98 Å². The summed E-state index contributed by atoms with van der Waals surface area (Å²) in [5, 5.41) is 7.60. The molecule has 0 spiro atoms. The lowest BCUT2D eigenvalue weighted by molar-refractivity contribution is -0.137. The number of aromatic nitrogens is 1. The summed E-state index contributed by atoms with van der Waals surface area (Å²) in [7, 11) is 0. The average Bonchev–Trinajstić information content (AvgIpc) is 2.67. The van der Waals surface area contributed by atoms with Crippen molar-refractivity contribution in [2.75, 3.05) is 13.1 Å². The lowest BCUT2D eigenvalue weighted by Crippen LogP contribution is -2.41. The number of nitrogens with zero attached hydrogens (tertiary/aromatic N) is 2. The molecule has 1 aromatic heterocycles. The Morgan fingerprint density at radius 3 is 2.57 bits per heavy atom. The van der Waals surface area contributed by atoms with E-state index < -0.39 is 22.7 Å². The molecule has 1 amide bonds. The predicted molar refractivity (Wildman–Crippen MR) is 100 cm³/mol. The zero-order valence-electron chi connectivity index (χ0n) is 14.6. The van der Waals surface area contributed by atoms with Crippen LogP contribution in [0.3, 0.4) is 0 Å². The topological polar surface area (TPSA) is 83.1 Å². The second-order valence-electron chi connectivity index (χ2n) is 6.23. The largest absolute Gasteiger partial charge is 0.417 e. The van der Waals surface area contributed by atoms with E-state index in [1.165, 1.54) is 11.0 Å². The standard InChI is InChI=1S/C19H16ClF3N4O/c20-16-12(4-3-5-13(16)19(21,22)23)18(28)27-9-7-11(14(24)10-27)17(25)15-6-1-2-8-26-15/h1-6,8,24H,7,9-10,25H2. The molecule has 1 aliphatic rings. The highest BCUT2D eigenvalue weighted by Gasteiger charge is 2.36. The van der Waals surface area contributed by atoms with Crippen molar-refractivity contribution >= 4 is 28.9 Å². The minimum Gasteiger partial charge on any atom is -0.397 e. The van der Waals surface area contributed by atoms with Gasteiger partial charge in [0.15, 0.2) is 0 Å². The zero-order chi connectivity index (χ0) is 20.5. The van der Waals surface area contributed by atoms with E-state index in [1.807, 2.05) is 0 Å². The van der Waals surface area contributed by atoms with Crippen LogP contribution in [0.4, 0.5) is 13.2 Å². The first-order chi connectivity index (χ1) is 13.2. The van der Waals surface area contributed by atoms with Gasteiger partial charge < -0.3 is 16.0 Å². The quantitative estimate of drug-likeness (QED) is 0.788. The van der Waals surface area contributed by atoms with Gasteiger partial charge in [-0.15, -0.1) is 0 Å². The predicted octanol–water partition coefficient (Wildman–Crippen LogP) is 3.99. The van der Waals surface area contributed by atoms with Gasteiger partial charge in [-0.2, -0.15) is 13.2 Å². The number of amides is 1. The van der Waals surface area contributed by atoms with Crippen molar-refractivity contribution in [1.29, 1.82) is 5.41 Å². The van der Waals surface area contributed by atoms with Crippen LogP contribution in [-0.2, 0) is 6.18 Å². The Labute approximate surface area is 164 Å². The third-order valence-electron chi connectivity index (χ3n) is 4.43. The number of rotatable bonds is 2. The Morgan fingerprint density at radius 2 is 1.96 bits per heavy atom. The molecule has 28 heavy (non-hydrogen) atoms. The molecule has 1 saturated heterocycles. The lowest BCUT2D eigenvalue weighted by atomic mass is 9.97. The Bertz CT molecular complexity index is 957. The number of hydrogen-bond acceptors (Lipinski definition) is 4. The van der Waals surface area contributed by atoms with E-state index >= 15 is 0 Å². The normalized spacial score (nSPS) is 16.9. The minimum absolute atomic E-state index is 0.0751. The number of carbonyl (C=O) groups is 1. The van der Waals surface area contributed by atoms with Gasteiger partial charge in [-0.1, -0.05) is 23.7 Å². The fourth-order valence-electron chi connectivity index (χ4n) is 3.00. The second-order valence-corrected chi connectivity index (χ2v) is 6.61. The molecule has 1 aliphatic heterocycles. The second kappa shape index (κ2) is 7.63. The third kappa shape index (κ3) is 3.87. The SMILES string of the molecule is N=C1CN(C(=O)c2cccc(C(F)(F)F)c2Cl)CCC1=C(N)c1ccccn1. The number of nitrogens with one attached hydrogen (secondary N) is 1. The summed E-state index contributed by atoms with van der Waals surface area (Å²) < 4.78 is 39.1. The monoisotopic (exact) mass is 408 g/mol. The van der Waals surface area contributed by atoms with E-state index in [0.717, 1.165) is 12.1 Å². The molecule has 1 aromatic carbocycles. The van der Waals surface area contributed by atoms with Crippen molar-refractivity contribution in [3.63, 3.8) is 0 Å². The van der Waals surface area contributed by atoms with Crippen molar-refractivity contribution < 1.29 is 18.0 Å². The van der Waals surface area contributed by atoms with E-state index in [1.54, 1.807) is 24.4 Å². The molecule has 0 unspecified atom stereocenters. The molecule has 146 valence electrons. The van der Waals surface area contributed by atoms with Gasteiger partial charge in [0, 0.05) is 18.3 Å². The highest BCUT2D eigenvalue weighted by molar-refractivity contribution is 6.34. The van der Waals surface area contributed by atoms with E-state index in [0.29, 0.717) is 23.4 Å². The summed E-state index contributed by atoms with van der Waals surface area (Å²) in [6, 6.07) is 8.44. The smallest absolute Gasteiger partial charge is 0.397 e. The Hall–Kier alpha value is -2.87. The number of likely N-dealkylation sites (tertiary alicyclic amines) is 1. The Kier molecular flexibility index (Phi) is 5.42. The summed E-state index contributed by atoms with van der Waals surface area (Å²) in [6.45, 7) is 0.130. The number of hydrogen-bond donors (Lipinski definition) is 2. The summed E-state index contributed by atoms with van der Waals surface area (Å²) in [5.74, 6) is -0.656. The van der Waals surface area contributed by atoms with Gasteiger partial charge in [0.25, 0.3) is 5.91 Å². The van der Waals surface area contributed by atoms with Gasteiger partial charge in [0.05, 0.1) is 39.8 Å². The average molecular weight is 409 g/mol. The van der Waals surface area contributed by atoms with Crippen LogP contribution in [0.2, 0.25) is 5.02 Å². The van der Waals surface area contributed by atoms with Gasteiger partial charge in [-0.25, -0.2) is 0 Å². The lowest BCUT2D eigenvalue weighted by Gasteiger charge is -2.30. The van der Waals surface area contributed by atoms with Gasteiger partial charge in [0.2, 0.25) is 0 Å². The van der Waals surface area contributed by atoms with Gasteiger partial charge >= 0.3 is 6.18 Å². The first-order valence-electron chi connectivity index (χ1n) is 8.33. The number of piperidine rings is 1. The molecule has 1 fully saturated rings. The maximum absolute atomic E-state index is 13.0. The van der Waals surface area contributed by atoms with Crippen molar-refractivity contribution in [2.45, 2.75) is 12.6 Å². The van der Waals surface area contributed by atoms with Crippen LogP contribution in [0.25, 0.3) is 5.70 Å². The number of carbonyl (C=O) groups excluding carboxylic acids is 1. The Morgan fingerprint density at radius 1 is 1.21 bits per heavy atom. The van der Waals surface area contributed by atoms with Gasteiger partial charge in [-0.05, 0) is 30.7 Å². The first kappa shape index (κ1) is 19.9. The summed E-state index contributed by atoms with van der Waals surface area (Å²) >= 11 is 5.84. The van der Waals surface area contributed by atoms with E-state index in [4.69, 9.17) is 22.7 Å². The molecule has 0 aliphatic carbocycles. The molecular weight excluding hydrogens is 393 g/mol. The molecular formula is C19H16ClF3N4O. The first-order valence-corrected chi connectivity index (χ1v) is 8.70. The number of alkyl halides is 3. The number of benzene rings is 1. The van der Waals surface area contributed by atoms with Crippen molar-refractivity contribution in [3.8, 4) is 0 Å². The van der Waals surface area contributed by atoms with Crippen LogP contribution in [0.1, 0.15) is 28.0 Å². The molecule has 0 saturated carbocycles. The van der Waals surface area contributed by atoms with Crippen LogP contribution in [0.5, 0.6) is 0 Å². The highest BCUT2D eigenvalue weighted by atomic mass is 35.5. The summed E-state index contributed by atoms with van der Waals surface area (Å²) in [4.78, 5) is 18.2. The fraction of sp³-hybridized carbons (Fsp3) is 0.211. The fourth-order valence-corrected chi connectivity index (χ4v) is 3.31. The highest BCUT2D eigenvalue weighted by Crippen LogP contribution is 2.36. The molecule has 3 N–H and O–H groups in total. The molecule has 5 nitrogen and oxygen atoms in total. The van der Waals surface area contributed by atoms with Crippen LogP contribution in [0.15, 0.2) is 48.2 Å². The molecule has 9 heteroatoms. The third-order valence-corrected chi connectivity index (χ3v) is 4.84. The maximum atomic E-state index is 13.0. The van der Waals surface area contributed by atoms with Crippen LogP contribution < -0.4 is 5.73 Å². The minimum atomic E-state index is -4.66. The summed E-state index contributed by atoms with van der Waals surface area (Å²) in [5.41, 5.74) is 6.38.